The standard InChI is InChI=1S/C16H32N2OS/c1-20-14-6-4-7-15-9-12-18(13-10-15)16(19)8-3-2-5-11-17/h15H,2-14,17H2,1H3. The molecular weight excluding hydrogens is 268 g/mol. The van der Waals surface area contributed by atoms with Gasteiger partial charge in [-0.05, 0) is 56.6 Å². The van der Waals surface area contributed by atoms with Gasteiger partial charge in [0.2, 0.25) is 5.91 Å². The summed E-state index contributed by atoms with van der Waals surface area (Å²) in [7, 11) is 0. The summed E-state index contributed by atoms with van der Waals surface area (Å²) in [6.07, 6.45) is 12.5. The van der Waals surface area contributed by atoms with Gasteiger partial charge in [0.25, 0.3) is 0 Å². The van der Waals surface area contributed by atoms with Crippen molar-refractivity contribution in [3.8, 4) is 0 Å². The largest absolute Gasteiger partial charge is 0.343 e. The zero-order chi connectivity index (χ0) is 14.6. The summed E-state index contributed by atoms with van der Waals surface area (Å²) < 4.78 is 0. The number of carbonyl (C=O) groups excluding carboxylic acids is 1. The summed E-state index contributed by atoms with van der Waals surface area (Å²) in [6, 6.07) is 0. The van der Waals surface area contributed by atoms with E-state index in [1.54, 1.807) is 0 Å². The molecule has 1 fully saturated rings. The lowest BCUT2D eigenvalue weighted by atomic mass is 9.91. The van der Waals surface area contributed by atoms with Gasteiger partial charge in [0.15, 0.2) is 0 Å². The lowest BCUT2D eigenvalue weighted by Gasteiger charge is -2.32. The maximum atomic E-state index is 12.1. The van der Waals surface area contributed by atoms with Crippen molar-refractivity contribution in [3.05, 3.63) is 0 Å². The molecule has 1 aliphatic rings. The smallest absolute Gasteiger partial charge is 0.222 e. The first-order chi connectivity index (χ1) is 9.77. The number of nitrogens with zero attached hydrogens (tertiary/aromatic N) is 1. The summed E-state index contributed by atoms with van der Waals surface area (Å²) in [5.41, 5.74) is 5.47. The zero-order valence-electron chi connectivity index (χ0n) is 13.1. The van der Waals surface area contributed by atoms with Crippen LogP contribution in [-0.4, -0.2) is 42.4 Å². The lowest BCUT2D eigenvalue weighted by Crippen LogP contribution is -2.38. The van der Waals surface area contributed by atoms with E-state index in [9.17, 15) is 4.79 Å². The quantitative estimate of drug-likeness (QED) is 0.630. The van der Waals surface area contributed by atoms with E-state index in [2.05, 4.69) is 11.2 Å². The molecule has 1 heterocycles. The maximum Gasteiger partial charge on any atom is 0.222 e. The van der Waals surface area contributed by atoms with E-state index in [1.165, 1.54) is 37.9 Å². The van der Waals surface area contributed by atoms with E-state index in [0.29, 0.717) is 5.91 Å². The molecule has 2 N–H and O–H groups in total. The van der Waals surface area contributed by atoms with Crippen LogP contribution < -0.4 is 5.73 Å². The predicted molar refractivity (Wildman–Crippen MR) is 89.1 cm³/mol. The van der Waals surface area contributed by atoms with Crippen molar-refractivity contribution in [1.82, 2.24) is 4.90 Å². The fourth-order valence-corrected chi connectivity index (χ4v) is 3.40. The Hall–Kier alpha value is -0.220. The molecule has 0 atom stereocenters. The van der Waals surface area contributed by atoms with Gasteiger partial charge < -0.3 is 10.6 Å². The Kier molecular flexibility index (Phi) is 10.2. The summed E-state index contributed by atoms with van der Waals surface area (Å²) in [5, 5.41) is 0. The highest BCUT2D eigenvalue weighted by Gasteiger charge is 2.21. The predicted octanol–water partition coefficient (Wildman–Crippen LogP) is 3.28. The number of carbonyl (C=O) groups is 1. The minimum Gasteiger partial charge on any atom is -0.343 e. The van der Waals surface area contributed by atoms with Crippen LogP contribution in [0.5, 0.6) is 0 Å². The van der Waals surface area contributed by atoms with Gasteiger partial charge in [-0.2, -0.15) is 11.8 Å². The molecular formula is C16H32N2OS. The fourth-order valence-electron chi connectivity index (χ4n) is 2.91. The van der Waals surface area contributed by atoms with Crippen LogP contribution in [0.15, 0.2) is 0 Å². The van der Waals surface area contributed by atoms with E-state index < -0.39 is 0 Å². The van der Waals surface area contributed by atoms with Gasteiger partial charge >= 0.3 is 0 Å². The van der Waals surface area contributed by atoms with Crippen LogP contribution in [0.1, 0.15) is 57.8 Å². The molecule has 0 radical (unpaired) electrons. The molecule has 4 heteroatoms. The van der Waals surface area contributed by atoms with Crippen molar-refractivity contribution >= 4 is 17.7 Å². The van der Waals surface area contributed by atoms with Crippen molar-refractivity contribution in [2.45, 2.75) is 57.8 Å². The molecule has 0 unspecified atom stereocenters. The first-order valence-electron chi connectivity index (χ1n) is 8.24. The molecule has 20 heavy (non-hydrogen) atoms. The third-order valence-corrected chi connectivity index (χ3v) is 4.97. The van der Waals surface area contributed by atoms with Crippen molar-refractivity contribution in [2.24, 2.45) is 11.7 Å². The molecule has 0 spiro atoms. The second-order valence-electron chi connectivity index (χ2n) is 5.91. The van der Waals surface area contributed by atoms with Crippen LogP contribution in [0.3, 0.4) is 0 Å². The summed E-state index contributed by atoms with van der Waals surface area (Å²) in [4.78, 5) is 14.1. The van der Waals surface area contributed by atoms with Crippen LogP contribution in [0.25, 0.3) is 0 Å². The van der Waals surface area contributed by atoms with Crippen molar-refractivity contribution < 1.29 is 4.79 Å². The normalized spacial score (nSPS) is 16.6. The topological polar surface area (TPSA) is 46.3 Å². The van der Waals surface area contributed by atoms with Gasteiger partial charge in [-0.3, -0.25) is 4.79 Å². The highest BCUT2D eigenvalue weighted by atomic mass is 32.2. The van der Waals surface area contributed by atoms with E-state index in [0.717, 1.165) is 51.2 Å². The zero-order valence-corrected chi connectivity index (χ0v) is 13.9. The summed E-state index contributed by atoms with van der Waals surface area (Å²) >= 11 is 1.94. The molecule has 1 rings (SSSR count). The van der Waals surface area contributed by atoms with Gasteiger partial charge in [0.1, 0.15) is 0 Å². The number of likely N-dealkylation sites (tertiary alicyclic amines) is 1. The van der Waals surface area contributed by atoms with Crippen LogP contribution in [-0.2, 0) is 4.79 Å². The minimum absolute atomic E-state index is 0.364. The SMILES string of the molecule is CSCCCCC1CCN(C(=O)CCCCCN)CC1. The molecule has 0 aromatic heterocycles. The number of hydrogen-bond acceptors (Lipinski definition) is 3. The van der Waals surface area contributed by atoms with Crippen LogP contribution in [0, 0.1) is 5.92 Å². The molecule has 0 aromatic carbocycles. The van der Waals surface area contributed by atoms with E-state index in [4.69, 9.17) is 5.73 Å². The Bertz CT molecular complexity index is 253. The second kappa shape index (κ2) is 11.4. The lowest BCUT2D eigenvalue weighted by molar-refractivity contribution is -0.132. The summed E-state index contributed by atoms with van der Waals surface area (Å²) in [6.45, 7) is 2.72. The third-order valence-electron chi connectivity index (χ3n) is 4.27. The molecule has 1 amide bonds. The molecule has 1 aliphatic heterocycles. The van der Waals surface area contributed by atoms with Gasteiger partial charge in [0.05, 0.1) is 0 Å². The first kappa shape index (κ1) is 17.8. The van der Waals surface area contributed by atoms with E-state index in [1.807, 2.05) is 11.8 Å². The number of thioether (sulfide) groups is 1. The van der Waals surface area contributed by atoms with Gasteiger partial charge in [-0.25, -0.2) is 0 Å². The Labute approximate surface area is 129 Å². The number of hydrogen-bond donors (Lipinski definition) is 1. The Morgan fingerprint density at radius 2 is 1.90 bits per heavy atom. The van der Waals surface area contributed by atoms with Gasteiger partial charge in [-0.15, -0.1) is 0 Å². The Morgan fingerprint density at radius 3 is 2.55 bits per heavy atom. The number of piperidine rings is 1. The van der Waals surface area contributed by atoms with Crippen LogP contribution in [0.2, 0.25) is 0 Å². The molecule has 0 saturated carbocycles. The van der Waals surface area contributed by atoms with Crippen molar-refractivity contribution in [1.29, 1.82) is 0 Å². The molecule has 3 nitrogen and oxygen atoms in total. The fraction of sp³-hybridized carbons (Fsp3) is 0.938. The molecule has 0 bridgehead atoms. The number of amides is 1. The average molecular weight is 301 g/mol. The number of nitrogens with two attached hydrogens (primary N) is 1. The highest BCUT2D eigenvalue weighted by molar-refractivity contribution is 7.98. The molecule has 0 aromatic rings. The van der Waals surface area contributed by atoms with Crippen molar-refractivity contribution in [3.63, 3.8) is 0 Å². The first-order valence-corrected chi connectivity index (χ1v) is 9.64. The van der Waals surface area contributed by atoms with Crippen molar-refractivity contribution in [2.75, 3.05) is 31.6 Å². The van der Waals surface area contributed by atoms with E-state index in [-0.39, 0.29) is 0 Å². The highest BCUT2D eigenvalue weighted by Crippen LogP contribution is 2.23. The Morgan fingerprint density at radius 1 is 1.15 bits per heavy atom. The number of rotatable bonds is 10. The third kappa shape index (κ3) is 7.53. The molecule has 118 valence electrons. The van der Waals surface area contributed by atoms with Crippen LogP contribution >= 0.6 is 11.8 Å². The number of unbranched alkanes of at least 4 members (excludes halogenated alkanes) is 3. The van der Waals surface area contributed by atoms with Gasteiger partial charge in [0, 0.05) is 19.5 Å². The minimum atomic E-state index is 0.364. The van der Waals surface area contributed by atoms with Gasteiger partial charge in [-0.1, -0.05) is 19.3 Å². The summed E-state index contributed by atoms with van der Waals surface area (Å²) in [5.74, 6) is 2.51. The monoisotopic (exact) mass is 300 g/mol. The maximum absolute atomic E-state index is 12.1. The Balaban J connectivity index is 2.07. The van der Waals surface area contributed by atoms with Crippen LogP contribution in [0.4, 0.5) is 0 Å². The van der Waals surface area contributed by atoms with E-state index >= 15 is 0 Å². The molecule has 1 saturated heterocycles. The average Bonchev–Trinajstić information content (AvgIpc) is 2.48. The second-order valence-corrected chi connectivity index (χ2v) is 6.90. The molecule has 0 aliphatic carbocycles.